The smallest absolute Gasteiger partial charge is 0.134 e. The molecular weight excluding hydrogens is 176 g/mol. The van der Waals surface area contributed by atoms with E-state index in [1.807, 2.05) is 0 Å². The molecule has 0 spiro atoms. The van der Waals surface area contributed by atoms with Gasteiger partial charge in [-0.2, -0.15) is 0 Å². The molecule has 1 aromatic carbocycles. The molecule has 0 aliphatic rings. The molecule has 0 aliphatic carbocycles. The zero-order chi connectivity index (χ0) is 8.97. The molecule has 2 nitrogen and oxygen atoms in total. The Morgan fingerprint density at radius 2 is 1.83 bits per heavy atom. The number of hydrogen-bond acceptors (Lipinski definition) is 2. The van der Waals surface area contributed by atoms with Crippen LogP contribution in [0.15, 0.2) is 18.2 Å². The first-order valence-electron chi connectivity index (χ1n) is 3.31. The van der Waals surface area contributed by atoms with Crippen molar-refractivity contribution in [2.45, 2.75) is 0 Å². The van der Waals surface area contributed by atoms with Crippen molar-refractivity contribution in [3.8, 4) is 23.3 Å². The van der Waals surface area contributed by atoms with E-state index in [9.17, 15) is 10.2 Å². The van der Waals surface area contributed by atoms with Crippen LogP contribution in [0.5, 0.6) is 11.5 Å². The highest BCUT2D eigenvalue weighted by molar-refractivity contribution is 6.19. The Morgan fingerprint density at radius 3 is 2.33 bits per heavy atom. The second kappa shape index (κ2) is 3.89. The number of phenolic OH excluding ortho intramolecular Hbond substituents is 2. The van der Waals surface area contributed by atoms with Crippen molar-refractivity contribution in [1.29, 1.82) is 0 Å². The highest BCUT2D eigenvalue weighted by atomic mass is 35.5. The summed E-state index contributed by atoms with van der Waals surface area (Å²) in [5, 5.41) is 18.4. The van der Waals surface area contributed by atoms with Gasteiger partial charge in [-0.25, -0.2) is 0 Å². The van der Waals surface area contributed by atoms with Gasteiger partial charge in [0.2, 0.25) is 0 Å². The Balaban J connectivity index is 3.13. The SMILES string of the molecule is Oc1cccc(O)c1C#CCCl. The van der Waals surface area contributed by atoms with E-state index in [2.05, 4.69) is 11.8 Å². The third kappa shape index (κ3) is 1.84. The number of alkyl halides is 1. The lowest BCUT2D eigenvalue weighted by molar-refractivity contribution is 0.448. The summed E-state index contributed by atoms with van der Waals surface area (Å²) in [6.07, 6.45) is 0. The van der Waals surface area contributed by atoms with E-state index in [1.54, 1.807) is 0 Å². The van der Waals surface area contributed by atoms with Crippen molar-refractivity contribution in [2.75, 3.05) is 5.88 Å². The van der Waals surface area contributed by atoms with Crippen LogP contribution in [0.1, 0.15) is 5.56 Å². The van der Waals surface area contributed by atoms with Crippen molar-refractivity contribution in [2.24, 2.45) is 0 Å². The van der Waals surface area contributed by atoms with Crippen molar-refractivity contribution < 1.29 is 10.2 Å². The number of aromatic hydroxyl groups is 2. The third-order valence-corrected chi connectivity index (χ3v) is 1.43. The predicted molar refractivity (Wildman–Crippen MR) is 47.4 cm³/mol. The average molecular weight is 183 g/mol. The lowest BCUT2D eigenvalue weighted by Crippen LogP contribution is -1.77. The molecule has 0 aliphatic heterocycles. The second-order valence-electron chi connectivity index (χ2n) is 2.11. The lowest BCUT2D eigenvalue weighted by atomic mass is 10.2. The van der Waals surface area contributed by atoms with Gasteiger partial charge in [-0.15, -0.1) is 11.6 Å². The van der Waals surface area contributed by atoms with Crippen LogP contribution in [-0.2, 0) is 0 Å². The molecule has 0 unspecified atom stereocenters. The molecule has 0 saturated heterocycles. The van der Waals surface area contributed by atoms with Crippen LogP contribution in [-0.4, -0.2) is 16.1 Å². The Kier molecular flexibility index (Phi) is 2.84. The largest absolute Gasteiger partial charge is 0.507 e. The fourth-order valence-electron chi connectivity index (χ4n) is 0.778. The summed E-state index contributed by atoms with van der Waals surface area (Å²) in [6.45, 7) is 0. The molecule has 62 valence electrons. The van der Waals surface area contributed by atoms with Crippen molar-refractivity contribution >= 4 is 11.6 Å². The Morgan fingerprint density at radius 1 is 1.25 bits per heavy atom. The maximum atomic E-state index is 9.21. The second-order valence-corrected chi connectivity index (χ2v) is 2.37. The normalized spacial score (nSPS) is 8.75. The maximum Gasteiger partial charge on any atom is 0.134 e. The van der Waals surface area contributed by atoms with Gasteiger partial charge in [0.05, 0.1) is 5.88 Å². The molecule has 0 saturated carbocycles. The molecule has 1 aromatic rings. The van der Waals surface area contributed by atoms with Gasteiger partial charge >= 0.3 is 0 Å². The Hall–Kier alpha value is -1.33. The van der Waals surface area contributed by atoms with E-state index in [-0.39, 0.29) is 22.9 Å². The van der Waals surface area contributed by atoms with Crippen LogP contribution in [0.4, 0.5) is 0 Å². The molecule has 2 N–H and O–H groups in total. The van der Waals surface area contributed by atoms with Crippen LogP contribution in [0.2, 0.25) is 0 Å². The number of phenols is 2. The van der Waals surface area contributed by atoms with Gasteiger partial charge in [-0.1, -0.05) is 17.9 Å². The molecule has 0 atom stereocenters. The fourth-order valence-corrected chi connectivity index (χ4v) is 0.845. The number of benzene rings is 1. The first kappa shape index (κ1) is 8.76. The van der Waals surface area contributed by atoms with E-state index in [4.69, 9.17) is 11.6 Å². The molecule has 0 heterocycles. The van der Waals surface area contributed by atoms with Crippen LogP contribution < -0.4 is 0 Å². The molecule has 12 heavy (non-hydrogen) atoms. The summed E-state index contributed by atoms with van der Waals surface area (Å²) in [6, 6.07) is 4.45. The fraction of sp³-hybridized carbons (Fsp3) is 0.111. The molecule has 0 fully saturated rings. The predicted octanol–water partition coefficient (Wildman–Crippen LogP) is 1.69. The summed E-state index contributed by atoms with van der Waals surface area (Å²) in [5.41, 5.74) is 0.221. The van der Waals surface area contributed by atoms with Gasteiger partial charge in [0.25, 0.3) is 0 Å². The van der Waals surface area contributed by atoms with Gasteiger partial charge < -0.3 is 10.2 Å². The monoisotopic (exact) mass is 182 g/mol. The molecular formula is C9H7ClO2. The molecule has 0 bridgehead atoms. The van der Waals surface area contributed by atoms with E-state index < -0.39 is 0 Å². The van der Waals surface area contributed by atoms with Crippen molar-refractivity contribution in [3.05, 3.63) is 23.8 Å². The average Bonchev–Trinajstić information content (AvgIpc) is 2.04. The quantitative estimate of drug-likeness (QED) is 0.474. The first-order valence-corrected chi connectivity index (χ1v) is 3.85. The van der Waals surface area contributed by atoms with Crippen LogP contribution in [0, 0.1) is 11.8 Å². The van der Waals surface area contributed by atoms with Gasteiger partial charge in [0.15, 0.2) is 0 Å². The zero-order valence-electron chi connectivity index (χ0n) is 6.21. The topological polar surface area (TPSA) is 40.5 Å². The Bertz CT molecular complexity index is 316. The molecule has 1 rings (SSSR count). The van der Waals surface area contributed by atoms with Crippen molar-refractivity contribution in [3.63, 3.8) is 0 Å². The zero-order valence-corrected chi connectivity index (χ0v) is 6.97. The Labute approximate surface area is 75.4 Å². The van der Waals surface area contributed by atoms with E-state index in [0.717, 1.165) is 0 Å². The van der Waals surface area contributed by atoms with E-state index in [1.165, 1.54) is 18.2 Å². The highest BCUT2D eigenvalue weighted by Gasteiger charge is 2.01. The number of halogens is 1. The summed E-state index contributed by atoms with van der Waals surface area (Å²) in [7, 11) is 0. The molecule has 0 radical (unpaired) electrons. The van der Waals surface area contributed by atoms with Crippen LogP contribution in [0.3, 0.4) is 0 Å². The summed E-state index contributed by atoms with van der Waals surface area (Å²) >= 11 is 5.32. The summed E-state index contributed by atoms with van der Waals surface area (Å²) in [4.78, 5) is 0. The number of hydrogen-bond donors (Lipinski definition) is 2. The van der Waals surface area contributed by atoms with Gasteiger partial charge in [0, 0.05) is 0 Å². The van der Waals surface area contributed by atoms with Crippen molar-refractivity contribution in [1.82, 2.24) is 0 Å². The molecule has 3 heteroatoms. The van der Waals surface area contributed by atoms with Crippen LogP contribution in [0.25, 0.3) is 0 Å². The minimum atomic E-state index is -0.0346. The summed E-state index contributed by atoms with van der Waals surface area (Å²) in [5.74, 6) is 5.20. The third-order valence-electron chi connectivity index (χ3n) is 1.30. The molecule has 0 amide bonds. The lowest BCUT2D eigenvalue weighted by Gasteiger charge is -1.97. The van der Waals surface area contributed by atoms with E-state index >= 15 is 0 Å². The van der Waals surface area contributed by atoms with E-state index in [0.29, 0.717) is 0 Å². The van der Waals surface area contributed by atoms with Crippen LogP contribution >= 0.6 is 11.6 Å². The van der Waals surface area contributed by atoms with Gasteiger partial charge in [-0.05, 0) is 12.1 Å². The number of rotatable bonds is 0. The van der Waals surface area contributed by atoms with Gasteiger partial charge in [0.1, 0.15) is 17.1 Å². The molecule has 0 aromatic heterocycles. The minimum Gasteiger partial charge on any atom is -0.507 e. The maximum absolute atomic E-state index is 9.21. The highest BCUT2D eigenvalue weighted by Crippen LogP contribution is 2.24. The summed E-state index contributed by atoms with van der Waals surface area (Å²) < 4.78 is 0. The van der Waals surface area contributed by atoms with Gasteiger partial charge in [-0.3, -0.25) is 0 Å². The first-order chi connectivity index (χ1) is 5.75. The minimum absolute atomic E-state index is 0.0346. The standard InChI is InChI=1S/C9H7ClO2/c10-6-2-3-7-8(11)4-1-5-9(7)12/h1,4-5,11-12H,6H2.